The molecule has 1 N–H and O–H groups in total. The highest BCUT2D eigenvalue weighted by Gasteiger charge is 2.20. The summed E-state index contributed by atoms with van der Waals surface area (Å²) in [4.78, 5) is 2.31. The Hall–Kier alpha value is -1.44. The molecule has 0 atom stereocenters. The standard InChI is InChI=1S/C15H20FN3/c1-2-19(14-5-7-18-8-6-14)11-13-9-12(10-17)3-4-15(13)16/h3-4,9,14,18H,2,5-8,11H2,1H3. The van der Waals surface area contributed by atoms with Crippen molar-refractivity contribution >= 4 is 0 Å². The van der Waals surface area contributed by atoms with Crippen molar-refractivity contribution in [2.24, 2.45) is 0 Å². The first-order valence-electron chi connectivity index (χ1n) is 6.88. The second kappa shape index (κ2) is 6.65. The van der Waals surface area contributed by atoms with Crippen LogP contribution in [0, 0.1) is 17.1 Å². The fourth-order valence-corrected chi connectivity index (χ4v) is 2.66. The summed E-state index contributed by atoms with van der Waals surface area (Å²) in [6, 6.07) is 7.17. The predicted molar refractivity (Wildman–Crippen MR) is 73.1 cm³/mol. The van der Waals surface area contributed by atoms with Crippen molar-refractivity contribution < 1.29 is 4.39 Å². The van der Waals surface area contributed by atoms with Gasteiger partial charge in [-0.3, -0.25) is 4.90 Å². The van der Waals surface area contributed by atoms with E-state index >= 15 is 0 Å². The zero-order chi connectivity index (χ0) is 13.7. The van der Waals surface area contributed by atoms with Crippen LogP contribution in [0.2, 0.25) is 0 Å². The molecule has 0 aliphatic carbocycles. The first-order chi connectivity index (χ1) is 9.24. The second-order valence-corrected chi connectivity index (χ2v) is 4.96. The van der Waals surface area contributed by atoms with E-state index in [9.17, 15) is 4.39 Å². The summed E-state index contributed by atoms with van der Waals surface area (Å²) < 4.78 is 13.8. The lowest BCUT2D eigenvalue weighted by Gasteiger charge is -2.34. The first kappa shape index (κ1) is 14.0. The molecule has 0 saturated carbocycles. The van der Waals surface area contributed by atoms with Crippen LogP contribution in [0.15, 0.2) is 18.2 Å². The zero-order valence-corrected chi connectivity index (χ0v) is 11.3. The minimum Gasteiger partial charge on any atom is -0.317 e. The van der Waals surface area contributed by atoms with Crippen LogP contribution in [-0.2, 0) is 6.54 Å². The molecule has 1 aromatic carbocycles. The van der Waals surface area contributed by atoms with E-state index in [1.165, 1.54) is 12.1 Å². The van der Waals surface area contributed by atoms with E-state index in [4.69, 9.17) is 5.26 Å². The van der Waals surface area contributed by atoms with E-state index in [2.05, 4.69) is 23.2 Å². The number of nitrogens with zero attached hydrogens (tertiary/aromatic N) is 2. The molecular weight excluding hydrogens is 241 g/mol. The Bertz CT molecular complexity index is 461. The van der Waals surface area contributed by atoms with Crippen LogP contribution in [-0.4, -0.2) is 30.6 Å². The number of nitrogens with one attached hydrogen (secondary N) is 1. The number of hydrogen-bond acceptors (Lipinski definition) is 3. The van der Waals surface area contributed by atoms with Gasteiger partial charge in [0.25, 0.3) is 0 Å². The average Bonchev–Trinajstić information content (AvgIpc) is 2.47. The van der Waals surface area contributed by atoms with Gasteiger partial charge in [0.05, 0.1) is 11.6 Å². The summed E-state index contributed by atoms with van der Waals surface area (Å²) >= 11 is 0. The molecule has 0 aromatic heterocycles. The van der Waals surface area contributed by atoms with Gasteiger partial charge in [-0.15, -0.1) is 0 Å². The van der Waals surface area contributed by atoms with E-state index in [-0.39, 0.29) is 5.82 Å². The molecule has 19 heavy (non-hydrogen) atoms. The smallest absolute Gasteiger partial charge is 0.127 e. The van der Waals surface area contributed by atoms with Crippen molar-refractivity contribution in [3.8, 4) is 6.07 Å². The van der Waals surface area contributed by atoms with Crippen LogP contribution in [0.1, 0.15) is 30.9 Å². The quantitative estimate of drug-likeness (QED) is 0.903. The summed E-state index contributed by atoms with van der Waals surface area (Å²) in [5.74, 6) is -0.216. The molecule has 1 aliphatic heterocycles. The van der Waals surface area contributed by atoms with Gasteiger partial charge in [-0.2, -0.15) is 5.26 Å². The minimum absolute atomic E-state index is 0.216. The van der Waals surface area contributed by atoms with Crippen molar-refractivity contribution in [1.82, 2.24) is 10.2 Å². The van der Waals surface area contributed by atoms with Crippen molar-refractivity contribution in [3.63, 3.8) is 0 Å². The fourth-order valence-electron chi connectivity index (χ4n) is 2.66. The van der Waals surface area contributed by atoms with Crippen LogP contribution in [0.5, 0.6) is 0 Å². The summed E-state index contributed by atoms with van der Waals surface area (Å²) in [6.45, 7) is 5.65. The molecule has 1 heterocycles. The molecule has 0 spiro atoms. The largest absolute Gasteiger partial charge is 0.317 e. The molecule has 0 unspecified atom stereocenters. The molecule has 0 radical (unpaired) electrons. The predicted octanol–water partition coefficient (Wildman–Crippen LogP) is 2.27. The maximum Gasteiger partial charge on any atom is 0.127 e. The van der Waals surface area contributed by atoms with Gasteiger partial charge < -0.3 is 5.32 Å². The van der Waals surface area contributed by atoms with Gasteiger partial charge in [0.2, 0.25) is 0 Å². The van der Waals surface area contributed by atoms with Crippen LogP contribution in [0.3, 0.4) is 0 Å². The normalized spacial score (nSPS) is 16.5. The van der Waals surface area contributed by atoms with Gasteiger partial charge in [0.1, 0.15) is 5.82 Å². The number of piperidine rings is 1. The fraction of sp³-hybridized carbons (Fsp3) is 0.533. The van der Waals surface area contributed by atoms with Crippen molar-refractivity contribution in [1.29, 1.82) is 5.26 Å². The molecule has 0 amide bonds. The molecule has 1 aromatic rings. The molecule has 1 fully saturated rings. The van der Waals surface area contributed by atoms with E-state index in [0.29, 0.717) is 23.7 Å². The molecule has 4 heteroatoms. The third-order valence-corrected chi connectivity index (χ3v) is 3.78. The van der Waals surface area contributed by atoms with E-state index in [1.807, 2.05) is 0 Å². The second-order valence-electron chi connectivity index (χ2n) is 4.96. The molecule has 1 saturated heterocycles. The molecule has 0 bridgehead atoms. The number of hydrogen-bond donors (Lipinski definition) is 1. The highest BCUT2D eigenvalue weighted by Crippen LogP contribution is 2.18. The zero-order valence-electron chi connectivity index (χ0n) is 11.3. The van der Waals surface area contributed by atoms with Gasteiger partial charge in [-0.1, -0.05) is 6.92 Å². The van der Waals surface area contributed by atoms with Gasteiger partial charge >= 0.3 is 0 Å². The summed E-state index contributed by atoms with van der Waals surface area (Å²) in [6.07, 6.45) is 2.21. The Balaban J connectivity index is 2.11. The van der Waals surface area contributed by atoms with Crippen LogP contribution >= 0.6 is 0 Å². The lowest BCUT2D eigenvalue weighted by molar-refractivity contribution is 0.160. The van der Waals surface area contributed by atoms with Gasteiger partial charge in [0.15, 0.2) is 0 Å². The lowest BCUT2D eigenvalue weighted by Crippen LogP contribution is -2.42. The number of halogens is 1. The highest BCUT2D eigenvalue weighted by atomic mass is 19.1. The molecule has 1 aliphatic rings. The molecule has 3 nitrogen and oxygen atoms in total. The third-order valence-electron chi connectivity index (χ3n) is 3.78. The monoisotopic (exact) mass is 261 g/mol. The van der Waals surface area contributed by atoms with Crippen LogP contribution in [0.4, 0.5) is 4.39 Å². The maximum atomic E-state index is 13.8. The number of nitriles is 1. The van der Waals surface area contributed by atoms with Gasteiger partial charge in [-0.25, -0.2) is 4.39 Å². The molecular formula is C15H20FN3. The Kier molecular flexibility index (Phi) is 4.89. The molecule has 2 rings (SSSR count). The van der Waals surface area contributed by atoms with Crippen LogP contribution in [0.25, 0.3) is 0 Å². The number of benzene rings is 1. The van der Waals surface area contributed by atoms with Gasteiger partial charge in [0, 0.05) is 18.2 Å². The summed E-state index contributed by atoms with van der Waals surface area (Å²) in [7, 11) is 0. The van der Waals surface area contributed by atoms with E-state index in [1.54, 1.807) is 6.07 Å². The third kappa shape index (κ3) is 3.52. The van der Waals surface area contributed by atoms with Gasteiger partial charge in [-0.05, 0) is 50.7 Å². The number of rotatable bonds is 4. The minimum atomic E-state index is -0.216. The highest BCUT2D eigenvalue weighted by molar-refractivity contribution is 5.33. The molecule has 102 valence electrons. The lowest BCUT2D eigenvalue weighted by atomic mass is 10.0. The Morgan fingerprint density at radius 1 is 1.42 bits per heavy atom. The van der Waals surface area contributed by atoms with Crippen LogP contribution < -0.4 is 5.32 Å². The Morgan fingerprint density at radius 3 is 2.79 bits per heavy atom. The van der Waals surface area contributed by atoms with Crippen molar-refractivity contribution in [2.75, 3.05) is 19.6 Å². The Labute approximate surface area is 114 Å². The average molecular weight is 261 g/mol. The summed E-state index contributed by atoms with van der Waals surface area (Å²) in [5, 5.41) is 12.2. The van der Waals surface area contributed by atoms with Crippen molar-refractivity contribution in [2.45, 2.75) is 32.4 Å². The Morgan fingerprint density at radius 2 is 2.16 bits per heavy atom. The topological polar surface area (TPSA) is 39.1 Å². The maximum absolute atomic E-state index is 13.8. The van der Waals surface area contributed by atoms with Crippen molar-refractivity contribution in [3.05, 3.63) is 35.1 Å². The van der Waals surface area contributed by atoms with E-state index in [0.717, 1.165) is 32.5 Å². The summed E-state index contributed by atoms with van der Waals surface area (Å²) in [5.41, 5.74) is 1.15. The first-order valence-corrected chi connectivity index (χ1v) is 6.88. The van der Waals surface area contributed by atoms with E-state index < -0.39 is 0 Å². The SMILES string of the molecule is CCN(Cc1cc(C#N)ccc1F)C1CCNCC1.